The highest BCUT2D eigenvalue weighted by molar-refractivity contribution is 5.73. The minimum Gasteiger partial charge on any atom is -0.376 e. The third-order valence-electron chi connectivity index (χ3n) is 2.12. The Labute approximate surface area is 72.5 Å². The Balaban J connectivity index is 2.33. The van der Waals surface area contributed by atoms with Crippen LogP contribution in [0.2, 0.25) is 0 Å². The molecule has 0 aromatic heterocycles. The summed E-state index contributed by atoms with van der Waals surface area (Å²) in [5.74, 6) is -0.0418. The number of hydrogen-bond donors (Lipinski definition) is 2. The Morgan fingerprint density at radius 3 is 2.83 bits per heavy atom. The van der Waals surface area contributed by atoms with Gasteiger partial charge in [-0.25, -0.2) is 0 Å². The first-order valence-electron chi connectivity index (χ1n) is 4.29. The van der Waals surface area contributed by atoms with Crippen LogP contribution in [-0.4, -0.2) is 30.7 Å². The molecule has 1 aliphatic carbocycles. The van der Waals surface area contributed by atoms with Crippen LogP contribution in [0.4, 0.5) is 0 Å². The van der Waals surface area contributed by atoms with E-state index in [0.29, 0.717) is 6.61 Å². The van der Waals surface area contributed by atoms with Gasteiger partial charge in [-0.1, -0.05) is 0 Å². The molecule has 3 atom stereocenters. The molecule has 0 heterocycles. The van der Waals surface area contributed by atoms with Gasteiger partial charge in [0.2, 0.25) is 5.91 Å². The summed E-state index contributed by atoms with van der Waals surface area (Å²) in [7, 11) is 0. The van der Waals surface area contributed by atoms with E-state index in [1.165, 1.54) is 6.92 Å². The van der Waals surface area contributed by atoms with Crippen molar-refractivity contribution >= 4 is 5.91 Å². The molecule has 0 bridgehead atoms. The fraction of sp³-hybridized carbons (Fsp3) is 0.875. The summed E-state index contributed by atoms with van der Waals surface area (Å²) in [4.78, 5) is 10.7. The van der Waals surface area contributed by atoms with Crippen molar-refractivity contribution in [3.63, 3.8) is 0 Å². The van der Waals surface area contributed by atoms with Crippen molar-refractivity contribution in [3.05, 3.63) is 0 Å². The molecule has 4 heteroatoms. The first kappa shape index (κ1) is 9.48. The number of carbonyl (C=O) groups is 1. The lowest BCUT2D eigenvalue weighted by Gasteiger charge is -2.42. The average molecular weight is 172 g/mol. The van der Waals surface area contributed by atoms with E-state index in [-0.39, 0.29) is 24.1 Å². The van der Waals surface area contributed by atoms with Crippen LogP contribution >= 0.6 is 0 Å². The molecule has 0 saturated heterocycles. The molecule has 4 nitrogen and oxygen atoms in total. The summed E-state index contributed by atoms with van der Waals surface area (Å²) in [6, 6.07) is 0.0768. The SMILES string of the molecule is CCOC1CC(N)C1NC(C)=O. The van der Waals surface area contributed by atoms with Gasteiger partial charge in [-0.05, 0) is 13.3 Å². The van der Waals surface area contributed by atoms with E-state index in [1.54, 1.807) is 0 Å². The van der Waals surface area contributed by atoms with Crippen LogP contribution in [0.5, 0.6) is 0 Å². The van der Waals surface area contributed by atoms with E-state index < -0.39 is 0 Å². The fourth-order valence-corrected chi connectivity index (χ4v) is 1.46. The van der Waals surface area contributed by atoms with E-state index in [2.05, 4.69) is 5.32 Å². The average Bonchev–Trinajstić information content (AvgIpc) is 2.00. The van der Waals surface area contributed by atoms with E-state index in [0.717, 1.165) is 6.42 Å². The molecule has 70 valence electrons. The number of carbonyl (C=O) groups excluding carboxylic acids is 1. The van der Waals surface area contributed by atoms with Gasteiger partial charge in [-0.3, -0.25) is 4.79 Å². The molecular formula is C8H16N2O2. The highest BCUT2D eigenvalue weighted by atomic mass is 16.5. The van der Waals surface area contributed by atoms with Crippen LogP contribution in [0.1, 0.15) is 20.3 Å². The van der Waals surface area contributed by atoms with Gasteiger partial charge in [0.15, 0.2) is 0 Å². The number of rotatable bonds is 3. The van der Waals surface area contributed by atoms with Crippen molar-refractivity contribution in [1.82, 2.24) is 5.32 Å². The minimum atomic E-state index is -0.0418. The van der Waals surface area contributed by atoms with Gasteiger partial charge in [0.05, 0.1) is 12.1 Å². The van der Waals surface area contributed by atoms with E-state index >= 15 is 0 Å². The standard InChI is InChI=1S/C8H16N2O2/c1-3-12-7-4-6(9)8(7)10-5(2)11/h6-8H,3-4,9H2,1-2H3,(H,10,11). The van der Waals surface area contributed by atoms with Gasteiger partial charge in [-0.15, -0.1) is 0 Å². The lowest BCUT2D eigenvalue weighted by atomic mass is 9.83. The fourth-order valence-electron chi connectivity index (χ4n) is 1.46. The monoisotopic (exact) mass is 172 g/mol. The highest BCUT2D eigenvalue weighted by Gasteiger charge is 2.39. The molecule has 1 fully saturated rings. The summed E-state index contributed by atoms with van der Waals surface area (Å²) in [5, 5.41) is 2.77. The number of ether oxygens (including phenoxy) is 1. The number of hydrogen-bond acceptors (Lipinski definition) is 3. The van der Waals surface area contributed by atoms with Gasteiger partial charge >= 0.3 is 0 Å². The molecule has 0 spiro atoms. The number of nitrogens with one attached hydrogen (secondary N) is 1. The van der Waals surface area contributed by atoms with Crippen LogP contribution in [-0.2, 0) is 9.53 Å². The summed E-state index contributed by atoms with van der Waals surface area (Å²) >= 11 is 0. The molecule has 0 radical (unpaired) electrons. The van der Waals surface area contributed by atoms with Crippen molar-refractivity contribution in [1.29, 1.82) is 0 Å². The molecule has 0 aromatic carbocycles. The predicted molar refractivity (Wildman–Crippen MR) is 45.6 cm³/mol. The largest absolute Gasteiger partial charge is 0.376 e. The lowest BCUT2D eigenvalue weighted by molar-refractivity contribution is -0.123. The first-order valence-corrected chi connectivity index (χ1v) is 4.29. The van der Waals surface area contributed by atoms with E-state index in [1.807, 2.05) is 6.92 Å². The molecule has 3 N–H and O–H groups in total. The maximum atomic E-state index is 10.7. The molecule has 0 aromatic rings. The van der Waals surface area contributed by atoms with Crippen LogP contribution < -0.4 is 11.1 Å². The molecule has 1 aliphatic rings. The Morgan fingerprint density at radius 1 is 1.75 bits per heavy atom. The number of nitrogens with two attached hydrogens (primary N) is 1. The summed E-state index contributed by atoms with van der Waals surface area (Å²) in [5.41, 5.74) is 5.70. The lowest BCUT2D eigenvalue weighted by Crippen LogP contribution is -2.64. The van der Waals surface area contributed by atoms with Crippen LogP contribution in [0.25, 0.3) is 0 Å². The molecular weight excluding hydrogens is 156 g/mol. The van der Waals surface area contributed by atoms with Gasteiger partial charge in [-0.2, -0.15) is 0 Å². The van der Waals surface area contributed by atoms with Crippen LogP contribution in [0.3, 0.4) is 0 Å². The quantitative estimate of drug-likeness (QED) is 0.610. The molecule has 1 saturated carbocycles. The second kappa shape index (κ2) is 3.87. The predicted octanol–water partition coefficient (Wildman–Crippen LogP) is -0.373. The summed E-state index contributed by atoms with van der Waals surface area (Å²) < 4.78 is 5.37. The molecule has 0 aliphatic heterocycles. The van der Waals surface area contributed by atoms with Gasteiger partial charge in [0.1, 0.15) is 0 Å². The third-order valence-corrected chi connectivity index (χ3v) is 2.12. The highest BCUT2D eigenvalue weighted by Crippen LogP contribution is 2.22. The second-order valence-corrected chi connectivity index (χ2v) is 3.12. The van der Waals surface area contributed by atoms with Crippen LogP contribution in [0, 0.1) is 0 Å². The van der Waals surface area contributed by atoms with Crippen molar-refractivity contribution < 1.29 is 9.53 Å². The maximum absolute atomic E-state index is 10.7. The molecule has 1 amide bonds. The zero-order chi connectivity index (χ0) is 9.14. The summed E-state index contributed by atoms with van der Waals surface area (Å²) in [6.07, 6.45) is 0.965. The van der Waals surface area contributed by atoms with E-state index in [4.69, 9.17) is 10.5 Å². The minimum absolute atomic E-state index is 0.0162. The molecule has 1 rings (SSSR count). The van der Waals surface area contributed by atoms with Crippen molar-refractivity contribution in [3.8, 4) is 0 Å². The molecule has 3 unspecified atom stereocenters. The maximum Gasteiger partial charge on any atom is 0.217 e. The van der Waals surface area contributed by atoms with E-state index in [9.17, 15) is 4.79 Å². The van der Waals surface area contributed by atoms with Gasteiger partial charge in [0, 0.05) is 19.6 Å². The Hall–Kier alpha value is -0.610. The summed E-state index contributed by atoms with van der Waals surface area (Å²) in [6.45, 7) is 4.11. The Kier molecular flexibility index (Phi) is 3.05. The smallest absolute Gasteiger partial charge is 0.217 e. The first-order chi connectivity index (χ1) is 5.65. The molecule has 12 heavy (non-hydrogen) atoms. The van der Waals surface area contributed by atoms with Crippen molar-refractivity contribution in [2.24, 2.45) is 5.73 Å². The van der Waals surface area contributed by atoms with Gasteiger partial charge < -0.3 is 15.8 Å². The van der Waals surface area contributed by atoms with Crippen molar-refractivity contribution in [2.75, 3.05) is 6.61 Å². The number of amides is 1. The Morgan fingerprint density at radius 2 is 2.42 bits per heavy atom. The topological polar surface area (TPSA) is 64.3 Å². The zero-order valence-electron chi connectivity index (χ0n) is 7.54. The van der Waals surface area contributed by atoms with Crippen LogP contribution in [0.15, 0.2) is 0 Å². The normalized spacial score (nSPS) is 34.1. The van der Waals surface area contributed by atoms with Crippen molar-refractivity contribution in [2.45, 2.75) is 38.5 Å². The zero-order valence-corrected chi connectivity index (χ0v) is 7.54. The third kappa shape index (κ3) is 1.95. The Bertz CT molecular complexity index is 170. The second-order valence-electron chi connectivity index (χ2n) is 3.12. The van der Waals surface area contributed by atoms with Gasteiger partial charge in [0.25, 0.3) is 0 Å².